The van der Waals surface area contributed by atoms with Crippen molar-refractivity contribution in [1.82, 2.24) is 14.9 Å². The number of carbonyl (C=O) groups is 1. The van der Waals surface area contributed by atoms with Gasteiger partial charge >= 0.3 is 0 Å². The summed E-state index contributed by atoms with van der Waals surface area (Å²) in [4.78, 5) is 21.8. The number of benzene rings is 2. The third kappa shape index (κ3) is 3.61. The Morgan fingerprint density at radius 1 is 1.32 bits per heavy atom. The predicted octanol–water partition coefficient (Wildman–Crippen LogP) is 4.54. The number of hydrogen-bond acceptors (Lipinski definition) is 3. The van der Waals surface area contributed by atoms with E-state index >= 15 is 0 Å². The molecular weight excluding hydrogens is 350 g/mol. The summed E-state index contributed by atoms with van der Waals surface area (Å²) in [5.74, 6) is 1.63. The highest BCUT2D eigenvalue weighted by molar-refractivity contribution is 5.97. The maximum atomic E-state index is 12.7. The van der Waals surface area contributed by atoms with Gasteiger partial charge in [0.15, 0.2) is 0 Å². The Labute approximate surface area is 165 Å². The molecule has 2 aromatic carbocycles. The number of aromatic amines is 1. The molecule has 0 aliphatic heterocycles. The lowest BCUT2D eigenvalue weighted by Crippen LogP contribution is -2.28. The van der Waals surface area contributed by atoms with E-state index in [1.165, 1.54) is 24.0 Å². The van der Waals surface area contributed by atoms with Gasteiger partial charge in [-0.3, -0.25) is 4.79 Å². The van der Waals surface area contributed by atoms with Crippen molar-refractivity contribution in [3.8, 4) is 5.75 Å². The number of fused-ring (bicyclic) bond motifs is 2. The van der Waals surface area contributed by atoms with Gasteiger partial charge in [0.05, 0.1) is 24.5 Å². The summed E-state index contributed by atoms with van der Waals surface area (Å²) in [6.07, 6.45) is 7.27. The lowest BCUT2D eigenvalue weighted by atomic mass is 9.80. The molecule has 1 atom stereocenters. The van der Waals surface area contributed by atoms with Gasteiger partial charge in [-0.2, -0.15) is 0 Å². The highest BCUT2D eigenvalue weighted by Gasteiger charge is 2.23. The average molecular weight is 377 g/mol. The number of carbonyl (C=O) groups excluding carboxylic acids is 1. The van der Waals surface area contributed by atoms with Crippen LogP contribution in [0, 0.1) is 0 Å². The summed E-state index contributed by atoms with van der Waals surface area (Å²) < 4.78 is 5.55. The van der Waals surface area contributed by atoms with E-state index in [2.05, 4.69) is 28.2 Å². The predicted molar refractivity (Wildman–Crippen MR) is 111 cm³/mol. The first-order valence-electron chi connectivity index (χ1n) is 10.0. The van der Waals surface area contributed by atoms with E-state index in [0.717, 1.165) is 42.6 Å². The van der Waals surface area contributed by atoms with Crippen molar-refractivity contribution < 1.29 is 9.53 Å². The van der Waals surface area contributed by atoms with E-state index in [1.807, 2.05) is 30.1 Å². The first-order valence-corrected chi connectivity index (χ1v) is 10.0. The molecule has 0 bridgehead atoms. The minimum Gasteiger partial charge on any atom is -0.496 e. The average Bonchev–Trinajstić information content (AvgIpc) is 3.20. The molecule has 0 fully saturated rings. The van der Waals surface area contributed by atoms with E-state index in [-0.39, 0.29) is 5.91 Å². The molecule has 1 aromatic heterocycles. The number of ether oxygens (including phenoxy) is 1. The molecule has 1 heterocycles. The van der Waals surface area contributed by atoms with Crippen LogP contribution in [0.5, 0.6) is 5.75 Å². The van der Waals surface area contributed by atoms with Crippen molar-refractivity contribution in [2.24, 2.45) is 0 Å². The summed E-state index contributed by atoms with van der Waals surface area (Å²) in [6.45, 7) is 0.760. The second kappa shape index (κ2) is 8.05. The van der Waals surface area contributed by atoms with Gasteiger partial charge in [0, 0.05) is 19.2 Å². The van der Waals surface area contributed by atoms with Crippen molar-refractivity contribution in [2.75, 3.05) is 20.7 Å². The van der Waals surface area contributed by atoms with Crippen LogP contribution in [-0.4, -0.2) is 41.5 Å². The number of aromatic nitrogens is 2. The first-order chi connectivity index (χ1) is 13.7. The number of hydrogen-bond donors (Lipinski definition) is 1. The van der Waals surface area contributed by atoms with Crippen molar-refractivity contribution in [1.29, 1.82) is 0 Å². The SMILES string of the molecule is COc1cccc2c1CCC[C@@H]2CCCN(C)C(=O)c1ccc2nc[nH]c2c1. The van der Waals surface area contributed by atoms with Gasteiger partial charge in [0.25, 0.3) is 5.91 Å². The number of nitrogens with one attached hydrogen (secondary N) is 1. The van der Waals surface area contributed by atoms with Gasteiger partial charge < -0.3 is 14.6 Å². The van der Waals surface area contributed by atoms with E-state index in [9.17, 15) is 4.79 Å². The molecule has 1 aliphatic rings. The van der Waals surface area contributed by atoms with Crippen molar-refractivity contribution in [3.05, 3.63) is 59.4 Å². The lowest BCUT2D eigenvalue weighted by Gasteiger charge is -2.27. The lowest BCUT2D eigenvalue weighted by molar-refractivity contribution is 0.0792. The molecule has 5 heteroatoms. The standard InChI is InChI=1S/C23H27N3O2/c1-26(23(27)17-11-12-20-21(14-17)25-15-24-20)13-5-7-16-6-3-9-19-18(16)8-4-10-22(19)28-2/h4,8,10-12,14-16H,3,5-7,9,13H2,1-2H3,(H,24,25)/t16-/m1/s1. The van der Waals surface area contributed by atoms with Crippen LogP contribution >= 0.6 is 0 Å². The van der Waals surface area contributed by atoms with Gasteiger partial charge in [0.1, 0.15) is 5.75 Å². The largest absolute Gasteiger partial charge is 0.496 e. The van der Waals surface area contributed by atoms with Crippen molar-refractivity contribution in [2.45, 2.75) is 38.0 Å². The number of imidazole rings is 1. The Kier molecular flexibility index (Phi) is 5.33. The monoisotopic (exact) mass is 377 g/mol. The number of amides is 1. The van der Waals surface area contributed by atoms with E-state index in [0.29, 0.717) is 11.5 Å². The number of nitrogens with zero attached hydrogens (tertiary/aromatic N) is 2. The number of rotatable bonds is 6. The summed E-state index contributed by atoms with van der Waals surface area (Å²) in [6, 6.07) is 12.0. The number of H-pyrrole nitrogens is 1. The van der Waals surface area contributed by atoms with Gasteiger partial charge in [-0.15, -0.1) is 0 Å². The fraction of sp³-hybridized carbons (Fsp3) is 0.391. The van der Waals surface area contributed by atoms with E-state index in [4.69, 9.17) is 4.74 Å². The summed E-state index contributed by atoms with van der Waals surface area (Å²) in [5.41, 5.74) is 5.28. The van der Waals surface area contributed by atoms with Crippen LogP contribution in [0.2, 0.25) is 0 Å². The summed E-state index contributed by atoms with van der Waals surface area (Å²) in [7, 11) is 3.64. The van der Waals surface area contributed by atoms with Gasteiger partial charge in [0.2, 0.25) is 0 Å². The zero-order chi connectivity index (χ0) is 19.5. The van der Waals surface area contributed by atoms with Gasteiger partial charge in [-0.05, 0) is 73.4 Å². The molecule has 0 spiro atoms. The highest BCUT2D eigenvalue weighted by atomic mass is 16.5. The van der Waals surface area contributed by atoms with E-state index < -0.39 is 0 Å². The molecule has 1 aliphatic carbocycles. The van der Waals surface area contributed by atoms with Crippen LogP contribution in [0.3, 0.4) is 0 Å². The molecule has 0 saturated heterocycles. The molecule has 0 saturated carbocycles. The Bertz CT molecular complexity index is 979. The van der Waals surface area contributed by atoms with Crippen LogP contribution < -0.4 is 4.74 Å². The second-order valence-electron chi connectivity index (χ2n) is 7.62. The molecule has 0 unspecified atom stereocenters. The van der Waals surface area contributed by atoms with Gasteiger partial charge in [-0.25, -0.2) is 4.98 Å². The fourth-order valence-electron chi connectivity index (χ4n) is 4.37. The van der Waals surface area contributed by atoms with Gasteiger partial charge in [-0.1, -0.05) is 12.1 Å². The minimum atomic E-state index is 0.0576. The Morgan fingerprint density at radius 2 is 2.21 bits per heavy atom. The van der Waals surface area contributed by atoms with Crippen molar-refractivity contribution >= 4 is 16.9 Å². The number of methoxy groups -OCH3 is 1. The van der Waals surface area contributed by atoms with Crippen LogP contribution in [0.15, 0.2) is 42.7 Å². The van der Waals surface area contributed by atoms with Crippen LogP contribution in [0.25, 0.3) is 11.0 Å². The zero-order valence-corrected chi connectivity index (χ0v) is 16.6. The molecule has 0 radical (unpaired) electrons. The molecule has 3 aromatic rings. The molecule has 1 N–H and O–H groups in total. The minimum absolute atomic E-state index is 0.0576. The molecule has 4 rings (SSSR count). The van der Waals surface area contributed by atoms with E-state index in [1.54, 1.807) is 13.4 Å². The Balaban J connectivity index is 1.37. The summed E-state index contributed by atoms with van der Waals surface area (Å²) >= 11 is 0. The third-order valence-corrected chi connectivity index (χ3v) is 5.87. The Hall–Kier alpha value is -2.82. The summed E-state index contributed by atoms with van der Waals surface area (Å²) in [5, 5.41) is 0. The molecule has 146 valence electrons. The van der Waals surface area contributed by atoms with Crippen molar-refractivity contribution in [3.63, 3.8) is 0 Å². The topological polar surface area (TPSA) is 58.2 Å². The van der Waals surface area contributed by atoms with Crippen LogP contribution in [0.4, 0.5) is 0 Å². The fourth-order valence-corrected chi connectivity index (χ4v) is 4.37. The molecule has 1 amide bonds. The third-order valence-electron chi connectivity index (χ3n) is 5.87. The highest BCUT2D eigenvalue weighted by Crippen LogP contribution is 2.38. The van der Waals surface area contributed by atoms with Crippen LogP contribution in [-0.2, 0) is 6.42 Å². The smallest absolute Gasteiger partial charge is 0.253 e. The maximum Gasteiger partial charge on any atom is 0.253 e. The first kappa shape index (κ1) is 18.5. The normalized spacial score (nSPS) is 16.0. The second-order valence-corrected chi connectivity index (χ2v) is 7.62. The molecule has 28 heavy (non-hydrogen) atoms. The van der Waals surface area contributed by atoms with Crippen LogP contribution in [0.1, 0.15) is 53.1 Å². The Morgan fingerprint density at radius 3 is 3.07 bits per heavy atom. The zero-order valence-electron chi connectivity index (χ0n) is 16.6. The molecular formula is C23H27N3O2. The molecule has 5 nitrogen and oxygen atoms in total. The quantitative estimate of drug-likeness (QED) is 0.686. The maximum absolute atomic E-state index is 12.7.